The molecule has 1 aliphatic carbocycles. The molecular formula is C27H33ClO3S. The van der Waals surface area contributed by atoms with Crippen molar-refractivity contribution in [3.63, 3.8) is 0 Å². The summed E-state index contributed by atoms with van der Waals surface area (Å²) in [6.45, 7) is 4.38. The Bertz CT molecular complexity index is 998. The molecule has 32 heavy (non-hydrogen) atoms. The third kappa shape index (κ3) is 5.81. The van der Waals surface area contributed by atoms with Crippen molar-refractivity contribution in [3.8, 4) is 10.4 Å². The molecule has 0 bridgehead atoms. The van der Waals surface area contributed by atoms with Crippen LogP contribution in [0.15, 0.2) is 54.6 Å². The van der Waals surface area contributed by atoms with Crippen molar-refractivity contribution in [3.05, 3.63) is 81.7 Å². The minimum atomic E-state index is -0.570. The van der Waals surface area contributed by atoms with Crippen LogP contribution in [-0.4, -0.2) is 40.5 Å². The predicted molar refractivity (Wildman–Crippen MR) is 135 cm³/mol. The number of hydrogen-bond acceptors (Lipinski definition) is 4. The maximum Gasteiger partial charge on any atom is 0.0772 e. The highest BCUT2D eigenvalue weighted by atomic mass is 35.5. The lowest BCUT2D eigenvalue weighted by atomic mass is 9.75. The summed E-state index contributed by atoms with van der Waals surface area (Å²) in [4.78, 5) is 2.62. The molecular weight excluding hydrogens is 440 g/mol. The number of alkyl halides is 1. The average Bonchev–Trinajstić information content (AvgIpc) is 3.27. The molecule has 0 aliphatic heterocycles. The Morgan fingerprint density at radius 1 is 0.969 bits per heavy atom. The van der Waals surface area contributed by atoms with Crippen LogP contribution in [0.3, 0.4) is 0 Å². The molecule has 1 aliphatic rings. The SMILES string of the molecule is CO.Cc1ccc(-c2ccc(Cc3cc(C4CC(CO)CC(Cl)[C@H]4O)ccc3C)s2)cc1. The Morgan fingerprint density at radius 2 is 1.69 bits per heavy atom. The number of rotatable bonds is 5. The van der Waals surface area contributed by atoms with Crippen LogP contribution in [0.25, 0.3) is 10.4 Å². The maximum absolute atomic E-state index is 10.7. The maximum atomic E-state index is 10.7. The van der Waals surface area contributed by atoms with E-state index in [1.165, 1.54) is 32.0 Å². The van der Waals surface area contributed by atoms with E-state index in [1.807, 2.05) is 11.3 Å². The first-order valence-electron chi connectivity index (χ1n) is 11.1. The monoisotopic (exact) mass is 472 g/mol. The highest BCUT2D eigenvalue weighted by Crippen LogP contribution is 2.39. The summed E-state index contributed by atoms with van der Waals surface area (Å²) < 4.78 is 0. The largest absolute Gasteiger partial charge is 0.400 e. The molecule has 1 aromatic heterocycles. The quantitative estimate of drug-likeness (QED) is 0.418. The molecule has 5 heteroatoms. The molecule has 3 nitrogen and oxygen atoms in total. The van der Waals surface area contributed by atoms with Crippen molar-refractivity contribution in [2.75, 3.05) is 13.7 Å². The van der Waals surface area contributed by atoms with E-state index in [-0.39, 0.29) is 23.8 Å². The van der Waals surface area contributed by atoms with Crippen LogP contribution in [0, 0.1) is 19.8 Å². The Labute approximate surface area is 200 Å². The molecule has 0 radical (unpaired) electrons. The molecule has 0 amide bonds. The standard InChI is InChI=1S/C26H29ClO2S.CH4O/c1-16-3-6-19(7-4-16)25-10-9-22(30-25)14-21-13-20(8-5-17(21)2)23-11-18(15-28)12-24(27)26(23)29;1-2/h3-10,13,18,23-24,26,28-29H,11-12,14-15H2,1-2H3;2H,1H3/t18?,23?,24?,26-;/m0./s1. The van der Waals surface area contributed by atoms with Gasteiger partial charge in [-0.2, -0.15) is 0 Å². The predicted octanol–water partition coefficient (Wildman–Crippen LogP) is 5.69. The molecule has 3 N–H and O–H groups in total. The van der Waals surface area contributed by atoms with Crippen LogP contribution >= 0.6 is 22.9 Å². The Kier molecular flexibility index (Phi) is 8.92. The first-order valence-corrected chi connectivity index (χ1v) is 12.3. The van der Waals surface area contributed by atoms with Crippen LogP contribution in [-0.2, 0) is 6.42 Å². The van der Waals surface area contributed by atoms with E-state index < -0.39 is 6.10 Å². The second-order valence-electron chi connectivity index (χ2n) is 8.63. The van der Waals surface area contributed by atoms with E-state index in [1.54, 1.807) is 0 Å². The molecule has 3 unspecified atom stereocenters. The van der Waals surface area contributed by atoms with Gasteiger partial charge in [-0.05, 0) is 67.0 Å². The molecule has 4 atom stereocenters. The van der Waals surface area contributed by atoms with Gasteiger partial charge in [-0.1, -0.05) is 48.0 Å². The topological polar surface area (TPSA) is 60.7 Å². The Morgan fingerprint density at radius 3 is 2.38 bits per heavy atom. The highest BCUT2D eigenvalue weighted by molar-refractivity contribution is 7.15. The van der Waals surface area contributed by atoms with Gasteiger partial charge in [0, 0.05) is 35.8 Å². The molecule has 0 spiro atoms. The number of hydrogen-bond donors (Lipinski definition) is 3. The zero-order chi connectivity index (χ0) is 23.3. The van der Waals surface area contributed by atoms with Gasteiger partial charge in [0.1, 0.15) is 0 Å². The lowest BCUT2D eigenvalue weighted by Gasteiger charge is -2.36. The molecule has 4 rings (SSSR count). The van der Waals surface area contributed by atoms with Gasteiger partial charge in [0.2, 0.25) is 0 Å². The second-order valence-corrected chi connectivity index (χ2v) is 10.4. The molecule has 1 heterocycles. The van der Waals surface area contributed by atoms with Gasteiger partial charge in [0.15, 0.2) is 0 Å². The van der Waals surface area contributed by atoms with Crippen LogP contribution in [0.1, 0.15) is 45.9 Å². The number of benzene rings is 2. The van der Waals surface area contributed by atoms with E-state index in [4.69, 9.17) is 16.7 Å². The number of aliphatic hydroxyl groups excluding tert-OH is 3. The smallest absolute Gasteiger partial charge is 0.0772 e. The zero-order valence-corrected chi connectivity index (χ0v) is 20.5. The number of aliphatic hydroxyl groups is 3. The van der Waals surface area contributed by atoms with Gasteiger partial charge >= 0.3 is 0 Å². The number of thiophene rings is 1. The van der Waals surface area contributed by atoms with Crippen molar-refractivity contribution < 1.29 is 15.3 Å². The first kappa shape index (κ1) is 24.9. The summed E-state index contributed by atoms with van der Waals surface area (Å²) in [5.41, 5.74) is 6.21. The Hall–Kier alpha value is -1.69. The van der Waals surface area contributed by atoms with E-state index in [2.05, 4.69) is 68.4 Å². The molecule has 172 valence electrons. The Balaban J connectivity index is 0.00000141. The van der Waals surface area contributed by atoms with Crippen molar-refractivity contribution in [2.45, 2.75) is 50.5 Å². The van der Waals surface area contributed by atoms with Crippen molar-refractivity contribution in [1.82, 2.24) is 0 Å². The molecule has 0 saturated heterocycles. The summed E-state index contributed by atoms with van der Waals surface area (Å²) in [5, 5.41) is 27.0. The molecule has 1 fully saturated rings. The third-order valence-electron chi connectivity index (χ3n) is 6.35. The van der Waals surface area contributed by atoms with E-state index in [0.29, 0.717) is 6.42 Å². The molecule has 1 saturated carbocycles. The van der Waals surface area contributed by atoms with Crippen LogP contribution in [0.4, 0.5) is 0 Å². The number of aryl methyl sites for hydroxylation is 2. The van der Waals surface area contributed by atoms with Crippen molar-refractivity contribution in [1.29, 1.82) is 0 Å². The lowest BCUT2D eigenvalue weighted by molar-refractivity contribution is 0.0696. The summed E-state index contributed by atoms with van der Waals surface area (Å²) in [5.74, 6) is 0.129. The first-order chi connectivity index (χ1) is 15.4. The summed E-state index contributed by atoms with van der Waals surface area (Å²) in [6.07, 6.45) is 1.76. The highest BCUT2D eigenvalue weighted by Gasteiger charge is 2.36. The summed E-state index contributed by atoms with van der Waals surface area (Å²) >= 11 is 8.24. The number of halogens is 1. The minimum absolute atomic E-state index is 0.0239. The summed E-state index contributed by atoms with van der Waals surface area (Å²) in [7, 11) is 1.00. The van der Waals surface area contributed by atoms with Gasteiger partial charge in [-0.25, -0.2) is 0 Å². The fourth-order valence-corrected chi connectivity index (χ4v) is 5.90. The summed E-state index contributed by atoms with van der Waals surface area (Å²) in [6, 6.07) is 19.6. The van der Waals surface area contributed by atoms with Gasteiger partial charge in [0.05, 0.1) is 11.5 Å². The van der Waals surface area contributed by atoms with E-state index >= 15 is 0 Å². The third-order valence-corrected chi connectivity index (χ3v) is 7.92. The van der Waals surface area contributed by atoms with E-state index in [0.717, 1.165) is 25.5 Å². The van der Waals surface area contributed by atoms with Gasteiger partial charge < -0.3 is 15.3 Å². The normalized spacial score (nSPS) is 22.8. The zero-order valence-electron chi connectivity index (χ0n) is 19.0. The van der Waals surface area contributed by atoms with Crippen molar-refractivity contribution >= 4 is 22.9 Å². The van der Waals surface area contributed by atoms with Gasteiger partial charge in [0.25, 0.3) is 0 Å². The van der Waals surface area contributed by atoms with Crippen LogP contribution in [0.2, 0.25) is 0 Å². The fourth-order valence-electron chi connectivity index (χ4n) is 4.43. The minimum Gasteiger partial charge on any atom is -0.400 e. The van der Waals surface area contributed by atoms with Crippen LogP contribution in [0.5, 0.6) is 0 Å². The average molecular weight is 473 g/mol. The molecule has 3 aromatic rings. The van der Waals surface area contributed by atoms with Gasteiger partial charge in [-0.15, -0.1) is 22.9 Å². The fraction of sp³-hybridized carbons (Fsp3) is 0.407. The van der Waals surface area contributed by atoms with E-state index in [9.17, 15) is 10.2 Å². The second kappa shape index (κ2) is 11.4. The van der Waals surface area contributed by atoms with Gasteiger partial charge in [-0.3, -0.25) is 0 Å². The van der Waals surface area contributed by atoms with Crippen molar-refractivity contribution in [2.24, 2.45) is 5.92 Å². The lowest BCUT2D eigenvalue weighted by Crippen LogP contribution is -2.37. The molecule has 2 aromatic carbocycles. The van der Waals surface area contributed by atoms with Crippen LogP contribution < -0.4 is 0 Å².